The smallest absolute Gasteiger partial charge is 0.253 e. The molecule has 1 aliphatic carbocycles. The van der Waals surface area contributed by atoms with Crippen molar-refractivity contribution in [3.8, 4) is 5.88 Å². The molecule has 24 heavy (non-hydrogen) atoms. The molecule has 1 saturated heterocycles. The van der Waals surface area contributed by atoms with Crippen molar-refractivity contribution in [2.45, 2.75) is 51.4 Å². The summed E-state index contributed by atoms with van der Waals surface area (Å²) in [4.78, 5) is 16.6. The summed E-state index contributed by atoms with van der Waals surface area (Å²) in [5.74, 6) is 0.891. The highest BCUT2D eigenvalue weighted by Gasteiger charge is 2.34. The minimum Gasteiger partial charge on any atom is -0.477 e. The van der Waals surface area contributed by atoms with Gasteiger partial charge in [-0.25, -0.2) is 4.98 Å². The fraction of sp³-hybridized carbons (Fsp3) is 0.667. The zero-order valence-corrected chi connectivity index (χ0v) is 14.4. The molecule has 1 aromatic rings. The fourth-order valence-electron chi connectivity index (χ4n) is 3.12. The molecule has 1 amide bonds. The fourth-order valence-corrected chi connectivity index (χ4v) is 3.12. The molecule has 6 heteroatoms. The molecule has 3 atom stereocenters. The van der Waals surface area contributed by atoms with Gasteiger partial charge >= 0.3 is 0 Å². The molecule has 1 N–H and O–H groups in total. The minimum atomic E-state index is -0.0990. The van der Waals surface area contributed by atoms with E-state index in [1.165, 1.54) is 0 Å². The van der Waals surface area contributed by atoms with E-state index in [9.17, 15) is 4.79 Å². The zero-order valence-electron chi connectivity index (χ0n) is 14.4. The Morgan fingerprint density at radius 1 is 1.29 bits per heavy atom. The first kappa shape index (κ1) is 17.2. The standard InChI is InChI=1S/C18H26N2O4/c1-12(2)11-24-17-6-3-13(10-19-17)18(21)20-14-4-5-15-16(9-14)23-8-7-22-15/h3,6,10,12,14-16H,4-5,7-9,11H2,1-2H3,(H,20,21). The largest absolute Gasteiger partial charge is 0.477 e. The summed E-state index contributed by atoms with van der Waals surface area (Å²) in [7, 11) is 0. The van der Waals surface area contributed by atoms with Gasteiger partial charge in [-0.1, -0.05) is 13.8 Å². The van der Waals surface area contributed by atoms with Crippen molar-refractivity contribution in [3.63, 3.8) is 0 Å². The van der Waals surface area contributed by atoms with Crippen LogP contribution in [-0.4, -0.2) is 49.0 Å². The maximum Gasteiger partial charge on any atom is 0.253 e. The summed E-state index contributed by atoms with van der Waals surface area (Å²) in [5.41, 5.74) is 0.551. The maximum atomic E-state index is 12.4. The molecule has 0 bridgehead atoms. The Morgan fingerprint density at radius 2 is 2.08 bits per heavy atom. The summed E-state index contributed by atoms with van der Waals surface area (Å²) < 4.78 is 17.0. The third kappa shape index (κ3) is 4.45. The summed E-state index contributed by atoms with van der Waals surface area (Å²) in [5, 5.41) is 3.08. The number of nitrogens with zero attached hydrogens (tertiary/aromatic N) is 1. The number of ether oxygens (including phenoxy) is 3. The normalized spacial score (nSPS) is 26.7. The molecule has 132 valence electrons. The molecule has 2 heterocycles. The lowest BCUT2D eigenvalue weighted by Crippen LogP contribution is -2.49. The van der Waals surface area contributed by atoms with Crippen LogP contribution in [0.25, 0.3) is 0 Å². The predicted molar refractivity (Wildman–Crippen MR) is 89.2 cm³/mol. The van der Waals surface area contributed by atoms with Gasteiger partial charge in [0, 0.05) is 18.3 Å². The van der Waals surface area contributed by atoms with Crippen LogP contribution in [0, 0.1) is 5.92 Å². The van der Waals surface area contributed by atoms with Crippen molar-refractivity contribution in [1.29, 1.82) is 0 Å². The second-order valence-corrected chi connectivity index (χ2v) is 6.89. The van der Waals surface area contributed by atoms with Crippen LogP contribution in [-0.2, 0) is 9.47 Å². The number of nitrogens with one attached hydrogen (secondary N) is 1. The Kier molecular flexibility index (Phi) is 5.68. The van der Waals surface area contributed by atoms with Crippen LogP contribution in [0.1, 0.15) is 43.5 Å². The molecule has 0 spiro atoms. The molecule has 1 aliphatic heterocycles. The molecule has 2 aliphatic rings. The number of hydrogen-bond acceptors (Lipinski definition) is 5. The van der Waals surface area contributed by atoms with Crippen LogP contribution in [0.3, 0.4) is 0 Å². The Bertz CT molecular complexity index is 546. The number of carbonyl (C=O) groups excluding carboxylic acids is 1. The van der Waals surface area contributed by atoms with Gasteiger partial charge in [0.15, 0.2) is 0 Å². The highest BCUT2D eigenvalue weighted by molar-refractivity contribution is 5.94. The van der Waals surface area contributed by atoms with Crippen molar-refractivity contribution in [2.24, 2.45) is 5.92 Å². The van der Waals surface area contributed by atoms with Gasteiger partial charge < -0.3 is 19.5 Å². The number of fused-ring (bicyclic) bond motifs is 1. The van der Waals surface area contributed by atoms with E-state index in [0.717, 1.165) is 19.3 Å². The van der Waals surface area contributed by atoms with Crippen LogP contribution in [0.5, 0.6) is 5.88 Å². The Labute approximate surface area is 142 Å². The van der Waals surface area contributed by atoms with Gasteiger partial charge in [0.05, 0.1) is 37.6 Å². The monoisotopic (exact) mass is 334 g/mol. The molecular formula is C18H26N2O4. The molecule has 3 unspecified atom stereocenters. The molecule has 6 nitrogen and oxygen atoms in total. The number of carbonyl (C=O) groups is 1. The van der Waals surface area contributed by atoms with E-state index in [1.807, 2.05) is 0 Å². The quantitative estimate of drug-likeness (QED) is 0.894. The van der Waals surface area contributed by atoms with Crippen molar-refractivity contribution < 1.29 is 19.0 Å². The minimum absolute atomic E-state index is 0.0990. The van der Waals surface area contributed by atoms with Crippen LogP contribution in [0.15, 0.2) is 18.3 Å². The lowest BCUT2D eigenvalue weighted by Gasteiger charge is -2.39. The topological polar surface area (TPSA) is 69.7 Å². The van der Waals surface area contributed by atoms with E-state index in [1.54, 1.807) is 18.3 Å². The van der Waals surface area contributed by atoms with Crippen molar-refractivity contribution >= 4 is 5.91 Å². The number of pyridine rings is 1. The number of rotatable bonds is 5. The number of hydrogen-bond donors (Lipinski definition) is 1. The highest BCUT2D eigenvalue weighted by atomic mass is 16.6. The summed E-state index contributed by atoms with van der Waals surface area (Å²) in [6.45, 7) is 6.10. The first-order chi connectivity index (χ1) is 11.6. The van der Waals surface area contributed by atoms with E-state index >= 15 is 0 Å². The second kappa shape index (κ2) is 7.94. The Morgan fingerprint density at radius 3 is 2.79 bits per heavy atom. The molecule has 1 saturated carbocycles. The van der Waals surface area contributed by atoms with Crippen molar-refractivity contribution in [3.05, 3.63) is 23.9 Å². The number of amides is 1. The van der Waals surface area contributed by atoms with Crippen LogP contribution >= 0.6 is 0 Å². The summed E-state index contributed by atoms with van der Waals surface area (Å²) in [6, 6.07) is 3.62. The van der Waals surface area contributed by atoms with Gasteiger partial charge in [-0.15, -0.1) is 0 Å². The lowest BCUT2D eigenvalue weighted by atomic mass is 9.89. The van der Waals surface area contributed by atoms with Gasteiger partial charge in [-0.2, -0.15) is 0 Å². The van der Waals surface area contributed by atoms with Gasteiger partial charge in [-0.05, 0) is 31.2 Å². The molecule has 2 fully saturated rings. The van der Waals surface area contributed by atoms with Crippen LogP contribution in [0.4, 0.5) is 0 Å². The molecule has 3 rings (SSSR count). The van der Waals surface area contributed by atoms with Gasteiger partial charge in [0.1, 0.15) is 0 Å². The Balaban J connectivity index is 1.51. The summed E-state index contributed by atoms with van der Waals surface area (Å²) in [6.07, 6.45) is 4.50. The second-order valence-electron chi connectivity index (χ2n) is 6.89. The van der Waals surface area contributed by atoms with E-state index in [4.69, 9.17) is 14.2 Å². The molecule has 1 aromatic heterocycles. The third-order valence-corrected chi connectivity index (χ3v) is 4.38. The lowest BCUT2D eigenvalue weighted by molar-refractivity contribution is -0.157. The molecule has 0 radical (unpaired) electrons. The summed E-state index contributed by atoms with van der Waals surface area (Å²) >= 11 is 0. The zero-order chi connectivity index (χ0) is 16.9. The third-order valence-electron chi connectivity index (χ3n) is 4.38. The SMILES string of the molecule is CC(C)COc1ccc(C(=O)NC2CCC3OCCOC3C2)cn1. The average Bonchev–Trinajstić information content (AvgIpc) is 2.60. The van der Waals surface area contributed by atoms with Gasteiger partial charge in [0.2, 0.25) is 5.88 Å². The average molecular weight is 334 g/mol. The van der Waals surface area contributed by atoms with Crippen molar-refractivity contribution in [2.75, 3.05) is 19.8 Å². The van der Waals surface area contributed by atoms with E-state index in [-0.39, 0.29) is 24.2 Å². The van der Waals surface area contributed by atoms with Crippen LogP contribution < -0.4 is 10.1 Å². The van der Waals surface area contributed by atoms with Gasteiger partial charge in [-0.3, -0.25) is 4.79 Å². The maximum absolute atomic E-state index is 12.4. The van der Waals surface area contributed by atoms with Gasteiger partial charge in [0.25, 0.3) is 5.91 Å². The van der Waals surface area contributed by atoms with E-state index in [0.29, 0.717) is 37.2 Å². The van der Waals surface area contributed by atoms with E-state index < -0.39 is 0 Å². The first-order valence-electron chi connectivity index (χ1n) is 8.74. The predicted octanol–water partition coefficient (Wildman–Crippen LogP) is 2.18. The van der Waals surface area contributed by atoms with E-state index in [2.05, 4.69) is 24.1 Å². The molecular weight excluding hydrogens is 308 g/mol. The Hall–Kier alpha value is -1.66. The van der Waals surface area contributed by atoms with Crippen molar-refractivity contribution in [1.82, 2.24) is 10.3 Å². The number of aromatic nitrogens is 1. The first-order valence-corrected chi connectivity index (χ1v) is 8.74. The molecule has 0 aromatic carbocycles. The van der Waals surface area contributed by atoms with Crippen LogP contribution in [0.2, 0.25) is 0 Å². The highest BCUT2D eigenvalue weighted by Crippen LogP contribution is 2.27.